The van der Waals surface area contributed by atoms with Gasteiger partial charge in [0.15, 0.2) is 0 Å². The van der Waals surface area contributed by atoms with Crippen molar-refractivity contribution >= 4 is 69.6 Å². The highest BCUT2D eigenvalue weighted by atomic mass is 127. The Morgan fingerprint density at radius 1 is 1.25 bits per heavy atom. The molecule has 0 saturated heterocycles. The Kier molecular flexibility index (Phi) is 8.82. The number of rotatable bonds is 9. The standard InChI is InChI=1S/C15H24Cl2INO3SSi/c1-5-9-23(20,21)19(11-22-8-10-24(2,3)4)13-7-6-12(16)15(18)14(13)17/h6-7H,5,8-11H2,1-4H3. The average molecular weight is 524 g/mol. The molecule has 0 radical (unpaired) electrons. The summed E-state index contributed by atoms with van der Waals surface area (Å²) in [5.74, 6) is 0.0416. The Labute approximate surface area is 170 Å². The van der Waals surface area contributed by atoms with Gasteiger partial charge in [0.2, 0.25) is 10.0 Å². The Hall–Kier alpha value is 0.457. The molecule has 0 amide bonds. The monoisotopic (exact) mass is 523 g/mol. The van der Waals surface area contributed by atoms with Crippen molar-refractivity contribution in [2.24, 2.45) is 0 Å². The number of anilines is 1. The van der Waals surface area contributed by atoms with E-state index in [1.165, 1.54) is 4.31 Å². The minimum atomic E-state index is -3.50. The van der Waals surface area contributed by atoms with Crippen LogP contribution >= 0.6 is 45.8 Å². The molecule has 0 spiro atoms. The van der Waals surface area contributed by atoms with Gasteiger partial charge in [-0.05, 0) is 47.2 Å². The highest BCUT2D eigenvalue weighted by Gasteiger charge is 2.25. The molecule has 0 aliphatic carbocycles. The maximum Gasteiger partial charge on any atom is 0.237 e. The Morgan fingerprint density at radius 2 is 1.88 bits per heavy atom. The molecule has 0 aliphatic rings. The van der Waals surface area contributed by atoms with Crippen molar-refractivity contribution in [1.82, 2.24) is 0 Å². The third kappa shape index (κ3) is 6.64. The van der Waals surface area contributed by atoms with Crippen LogP contribution in [-0.2, 0) is 14.8 Å². The van der Waals surface area contributed by atoms with E-state index in [2.05, 4.69) is 19.6 Å². The fourth-order valence-corrected chi connectivity index (χ4v) is 5.06. The molecule has 1 aromatic carbocycles. The third-order valence-corrected chi connectivity index (χ3v) is 9.34. The molecular weight excluding hydrogens is 500 g/mol. The lowest BCUT2D eigenvalue weighted by Crippen LogP contribution is -2.36. The number of ether oxygens (including phenoxy) is 1. The van der Waals surface area contributed by atoms with Gasteiger partial charge in [0.25, 0.3) is 0 Å². The predicted octanol–water partition coefficient (Wildman–Crippen LogP) is 5.46. The lowest BCUT2D eigenvalue weighted by atomic mass is 10.3. The zero-order chi connectivity index (χ0) is 18.5. The minimum absolute atomic E-state index is 0.0375. The maximum absolute atomic E-state index is 12.6. The molecule has 0 aromatic heterocycles. The first-order chi connectivity index (χ1) is 11.0. The number of halogens is 3. The molecule has 0 N–H and O–H groups in total. The second kappa shape index (κ2) is 9.41. The normalized spacial score (nSPS) is 12.5. The summed E-state index contributed by atoms with van der Waals surface area (Å²) in [7, 11) is -4.74. The molecule has 0 atom stereocenters. The van der Waals surface area contributed by atoms with Crippen LogP contribution in [-0.4, -0.2) is 35.6 Å². The Morgan fingerprint density at radius 3 is 2.42 bits per heavy atom. The van der Waals surface area contributed by atoms with Crippen LogP contribution in [0.4, 0.5) is 5.69 Å². The van der Waals surface area contributed by atoms with Gasteiger partial charge in [-0.2, -0.15) is 0 Å². The van der Waals surface area contributed by atoms with Crippen molar-refractivity contribution in [1.29, 1.82) is 0 Å². The molecule has 1 aromatic rings. The zero-order valence-electron chi connectivity index (χ0n) is 14.4. The van der Waals surface area contributed by atoms with E-state index < -0.39 is 18.1 Å². The number of hydrogen-bond donors (Lipinski definition) is 0. The van der Waals surface area contributed by atoms with Gasteiger partial charge in [-0.1, -0.05) is 49.8 Å². The lowest BCUT2D eigenvalue weighted by Gasteiger charge is -2.26. The first-order valence-corrected chi connectivity index (χ1v) is 14.9. The first kappa shape index (κ1) is 22.5. The summed E-state index contributed by atoms with van der Waals surface area (Å²) in [4.78, 5) is 0. The number of sulfonamides is 1. The topological polar surface area (TPSA) is 46.6 Å². The van der Waals surface area contributed by atoms with E-state index in [4.69, 9.17) is 27.9 Å². The minimum Gasteiger partial charge on any atom is -0.360 e. The summed E-state index contributed by atoms with van der Waals surface area (Å²) in [6, 6.07) is 4.25. The summed E-state index contributed by atoms with van der Waals surface area (Å²) in [5.41, 5.74) is 0.409. The van der Waals surface area contributed by atoms with Gasteiger partial charge in [-0.3, -0.25) is 0 Å². The quantitative estimate of drug-likeness (QED) is 0.142. The van der Waals surface area contributed by atoms with Gasteiger partial charge in [-0.15, -0.1) is 0 Å². The zero-order valence-corrected chi connectivity index (χ0v) is 19.9. The molecule has 4 nitrogen and oxygen atoms in total. The van der Waals surface area contributed by atoms with Crippen molar-refractivity contribution in [3.63, 3.8) is 0 Å². The third-order valence-electron chi connectivity index (χ3n) is 3.29. The van der Waals surface area contributed by atoms with Crippen molar-refractivity contribution in [2.75, 3.05) is 23.4 Å². The van der Waals surface area contributed by atoms with Crippen LogP contribution in [0.25, 0.3) is 0 Å². The van der Waals surface area contributed by atoms with Gasteiger partial charge in [0, 0.05) is 14.7 Å². The average Bonchev–Trinajstić information content (AvgIpc) is 2.45. The van der Waals surface area contributed by atoms with E-state index in [0.29, 0.717) is 32.3 Å². The first-order valence-electron chi connectivity index (χ1n) is 7.71. The molecule has 0 bridgehead atoms. The van der Waals surface area contributed by atoms with Gasteiger partial charge in [0.1, 0.15) is 6.73 Å². The van der Waals surface area contributed by atoms with Gasteiger partial charge >= 0.3 is 0 Å². The highest BCUT2D eigenvalue weighted by molar-refractivity contribution is 14.1. The SMILES string of the molecule is CCCS(=O)(=O)N(COCC[Si](C)(C)C)c1ccc(Cl)c(I)c1Cl. The van der Waals surface area contributed by atoms with E-state index >= 15 is 0 Å². The van der Waals surface area contributed by atoms with Crippen molar-refractivity contribution in [3.8, 4) is 0 Å². The van der Waals surface area contributed by atoms with Crippen LogP contribution in [0.15, 0.2) is 12.1 Å². The lowest BCUT2D eigenvalue weighted by molar-refractivity contribution is 0.156. The van der Waals surface area contributed by atoms with Crippen molar-refractivity contribution < 1.29 is 13.2 Å². The number of nitrogens with zero attached hydrogens (tertiary/aromatic N) is 1. The second-order valence-electron chi connectivity index (χ2n) is 6.71. The second-order valence-corrected chi connectivity index (χ2v) is 16.2. The molecular formula is C15H24Cl2INO3SSi. The van der Waals surface area contributed by atoms with Crippen molar-refractivity contribution in [2.45, 2.75) is 39.0 Å². The predicted molar refractivity (Wildman–Crippen MR) is 115 cm³/mol. The van der Waals surface area contributed by atoms with Gasteiger partial charge in [0.05, 0.1) is 25.1 Å². The van der Waals surface area contributed by atoms with Crippen molar-refractivity contribution in [3.05, 3.63) is 25.7 Å². The summed E-state index contributed by atoms with van der Waals surface area (Å²) >= 11 is 14.4. The molecule has 1 rings (SSSR count). The molecule has 0 unspecified atom stereocenters. The maximum atomic E-state index is 12.6. The highest BCUT2D eigenvalue weighted by Crippen LogP contribution is 2.36. The largest absolute Gasteiger partial charge is 0.360 e. The van der Waals surface area contributed by atoms with Gasteiger partial charge in [-0.25, -0.2) is 12.7 Å². The van der Waals surface area contributed by atoms with Gasteiger partial charge < -0.3 is 4.74 Å². The number of benzene rings is 1. The van der Waals surface area contributed by atoms with Crippen LogP contribution in [0.1, 0.15) is 13.3 Å². The smallest absolute Gasteiger partial charge is 0.237 e. The van der Waals surface area contributed by atoms with E-state index in [-0.39, 0.29) is 12.5 Å². The van der Waals surface area contributed by atoms with Crippen LogP contribution in [0.5, 0.6) is 0 Å². The Bertz CT molecular complexity index is 665. The van der Waals surface area contributed by atoms with E-state index in [9.17, 15) is 8.42 Å². The summed E-state index contributed by atoms with van der Waals surface area (Å²) in [5, 5.41) is 0.827. The van der Waals surface area contributed by atoms with E-state index in [0.717, 1.165) is 6.04 Å². The molecule has 0 fully saturated rings. The fourth-order valence-electron chi connectivity index (χ4n) is 1.90. The summed E-state index contributed by atoms with van der Waals surface area (Å²) < 4.78 is 32.8. The number of hydrogen-bond acceptors (Lipinski definition) is 3. The molecule has 138 valence electrons. The summed E-state index contributed by atoms with van der Waals surface area (Å²) in [6.45, 7) is 9.08. The van der Waals surface area contributed by atoms with E-state index in [1.807, 2.05) is 29.5 Å². The fraction of sp³-hybridized carbons (Fsp3) is 0.600. The van der Waals surface area contributed by atoms with Crippen LogP contribution in [0.3, 0.4) is 0 Å². The van der Waals surface area contributed by atoms with E-state index in [1.54, 1.807) is 12.1 Å². The molecule has 0 saturated carbocycles. The van der Waals surface area contributed by atoms with Crippen LogP contribution in [0, 0.1) is 3.57 Å². The molecule has 9 heteroatoms. The van der Waals surface area contributed by atoms with Crippen LogP contribution in [0.2, 0.25) is 35.7 Å². The summed E-state index contributed by atoms with van der Waals surface area (Å²) in [6.07, 6.45) is 0.524. The molecule has 24 heavy (non-hydrogen) atoms. The molecule has 0 heterocycles. The van der Waals surface area contributed by atoms with Crippen LogP contribution < -0.4 is 4.31 Å². The molecule has 0 aliphatic heterocycles. The Balaban J connectivity index is 3.05.